The van der Waals surface area contributed by atoms with E-state index in [-0.39, 0.29) is 11.4 Å². The van der Waals surface area contributed by atoms with Gasteiger partial charge in [-0.3, -0.25) is 4.79 Å². The summed E-state index contributed by atoms with van der Waals surface area (Å²) in [5, 5.41) is 2.48. The molecule has 1 N–H and O–H groups in total. The molecule has 0 spiro atoms. The normalized spacial score (nSPS) is 10.2. The molecule has 3 nitrogen and oxygen atoms in total. The second-order valence-corrected chi connectivity index (χ2v) is 4.66. The van der Waals surface area contributed by atoms with Crippen molar-refractivity contribution in [2.75, 3.05) is 5.32 Å². The summed E-state index contributed by atoms with van der Waals surface area (Å²) in [6.45, 7) is 1.79. The Morgan fingerprint density at radius 2 is 2.11 bits per heavy atom. The number of amides is 1. The lowest BCUT2D eigenvalue weighted by Gasteiger charge is -2.06. The molecule has 5 heteroatoms. The molecule has 2 rings (SSSR count). The van der Waals surface area contributed by atoms with Crippen LogP contribution in [0.15, 0.2) is 40.9 Å². The van der Waals surface area contributed by atoms with Crippen LogP contribution in [0.3, 0.4) is 0 Å². The van der Waals surface area contributed by atoms with Gasteiger partial charge in [0.1, 0.15) is 11.5 Å². The third-order valence-electron chi connectivity index (χ3n) is 2.30. The Bertz CT molecular complexity index is 601. The van der Waals surface area contributed by atoms with Crippen molar-refractivity contribution in [3.8, 4) is 0 Å². The minimum Gasteiger partial charge on any atom is -0.318 e. The molecule has 2 aromatic rings. The van der Waals surface area contributed by atoms with E-state index in [1.54, 1.807) is 31.2 Å². The van der Waals surface area contributed by atoms with Crippen LogP contribution in [0.25, 0.3) is 0 Å². The molecule has 1 aromatic heterocycles. The standard InChI is InChI=1S/C13H10BrFN2O/c1-8-3-2-4-12(16-8)13(18)17-11-6-5-9(14)7-10(11)15/h2-7H,1H3,(H,17,18). The van der Waals surface area contributed by atoms with Crippen LogP contribution in [0.5, 0.6) is 0 Å². The molecule has 0 saturated heterocycles. The molecule has 0 unspecified atom stereocenters. The lowest BCUT2D eigenvalue weighted by atomic mass is 10.2. The third kappa shape index (κ3) is 2.92. The average Bonchev–Trinajstić information content (AvgIpc) is 2.32. The number of benzene rings is 1. The molecule has 0 saturated carbocycles. The van der Waals surface area contributed by atoms with Crippen LogP contribution in [0, 0.1) is 12.7 Å². The second-order valence-electron chi connectivity index (χ2n) is 3.74. The van der Waals surface area contributed by atoms with Gasteiger partial charge in [0, 0.05) is 10.2 Å². The zero-order valence-corrected chi connectivity index (χ0v) is 11.2. The van der Waals surface area contributed by atoms with Gasteiger partial charge in [0.15, 0.2) is 0 Å². The number of aryl methyl sites for hydroxylation is 1. The molecular formula is C13H10BrFN2O. The Labute approximate surface area is 112 Å². The van der Waals surface area contributed by atoms with Crippen molar-refractivity contribution in [3.63, 3.8) is 0 Å². The predicted octanol–water partition coefficient (Wildman–Crippen LogP) is 3.54. The highest BCUT2D eigenvalue weighted by Crippen LogP contribution is 2.19. The first-order valence-corrected chi connectivity index (χ1v) is 6.05. The molecule has 0 atom stereocenters. The highest BCUT2D eigenvalue weighted by atomic mass is 79.9. The molecule has 92 valence electrons. The van der Waals surface area contributed by atoms with Crippen LogP contribution in [-0.2, 0) is 0 Å². The number of pyridine rings is 1. The fourth-order valence-electron chi connectivity index (χ4n) is 1.45. The summed E-state index contributed by atoms with van der Waals surface area (Å²) in [7, 11) is 0. The second kappa shape index (κ2) is 5.27. The highest BCUT2D eigenvalue weighted by Gasteiger charge is 2.10. The van der Waals surface area contributed by atoms with Crippen LogP contribution in [0.2, 0.25) is 0 Å². The zero-order chi connectivity index (χ0) is 13.1. The smallest absolute Gasteiger partial charge is 0.274 e. The third-order valence-corrected chi connectivity index (χ3v) is 2.79. The quantitative estimate of drug-likeness (QED) is 0.922. The average molecular weight is 309 g/mol. The van der Waals surface area contributed by atoms with Crippen LogP contribution in [0.4, 0.5) is 10.1 Å². The Morgan fingerprint density at radius 3 is 2.78 bits per heavy atom. The van der Waals surface area contributed by atoms with E-state index in [0.29, 0.717) is 4.47 Å². The van der Waals surface area contributed by atoms with Gasteiger partial charge < -0.3 is 5.32 Å². The van der Waals surface area contributed by atoms with Gasteiger partial charge in [-0.2, -0.15) is 0 Å². The Kier molecular flexibility index (Phi) is 3.72. The van der Waals surface area contributed by atoms with Crippen LogP contribution in [0.1, 0.15) is 16.2 Å². The summed E-state index contributed by atoms with van der Waals surface area (Å²) in [5.74, 6) is -0.926. The van der Waals surface area contributed by atoms with E-state index in [9.17, 15) is 9.18 Å². The summed E-state index contributed by atoms with van der Waals surface area (Å²) < 4.78 is 14.2. The van der Waals surface area contributed by atoms with E-state index >= 15 is 0 Å². The number of hydrogen-bond donors (Lipinski definition) is 1. The van der Waals surface area contributed by atoms with Crippen molar-refractivity contribution in [1.82, 2.24) is 4.98 Å². The van der Waals surface area contributed by atoms with Crippen LogP contribution < -0.4 is 5.32 Å². The number of aromatic nitrogens is 1. The van der Waals surface area contributed by atoms with Crippen LogP contribution in [-0.4, -0.2) is 10.9 Å². The lowest BCUT2D eigenvalue weighted by molar-refractivity contribution is 0.102. The van der Waals surface area contributed by atoms with Gasteiger partial charge in [-0.25, -0.2) is 9.37 Å². The predicted molar refractivity (Wildman–Crippen MR) is 71.0 cm³/mol. The zero-order valence-electron chi connectivity index (χ0n) is 9.58. The molecule has 18 heavy (non-hydrogen) atoms. The van der Waals surface area contributed by atoms with Crippen LogP contribution >= 0.6 is 15.9 Å². The van der Waals surface area contributed by atoms with Crippen molar-refractivity contribution in [3.05, 3.63) is 58.1 Å². The first kappa shape index (κ1) is 12.7. The molecule has 1 amide bonds. The van der Waals surface area contributed by atoms with Gasteiger partial charge in [-0.15, -0.1) is 0 Å². The first-order valence-electron chi connectivity index (χ1n) is 5.26. The number of carbonyl (C=O) groups excluding carboxylic acids is 1. The van der Waals surface area contributed by atoms with Crippen molar-refractivity contribution in [2.45, 2.75) is 6.92 Å². The summed E-state index contributed by atoms with van der Waals surface area (Å²) in [5.41, 5.74) is 1.13. The van der Waals surface area contributed by atoms with Gasteiger partial charge in [-0.1, -0.05) is 22.0 Å². The summed E-state index contributed by atoms with van der Waals surface area (Å²) in [6.07, 6.45) is 0. The van der Waals surface area contributed by atoms with Crippen molar-refractivity contribution in [2.24, 2.45) is 0 Å². The number of nitrogens with zero attached hydrogens (tertiary/aromatic N) is 1. The van der Waals surface area contributed by atoms with Gasteiger partial charge in [-0.05, 0) is 37.3 Å². The summed E-state index contributed by atoms with van der Waals surface area (Å²) in [4.78, 5) is 15.9. The number of halogens is 2. The lowest BCUT2D eigenvalue weighted by Crippen LogP contribution is -2.14. The maximum atomic E-state index is 13.5. The molecule has 0 bridgehead atoms. The number of hydrogen-bond acceptors (Lipinski definition) is 2. The van der Waals surface area contributed by atoms with Gasteiger partial charge in [0.2, 0.25) is 0 Å². The molecule has 0 radical (unpaired) electrons. The summed E-state index contributed by atoms with van der Waals surface area (Å²) >= 11 is 3.15. The fraction of sp³-hybridized carbons (Fsp3) is 0.0769. The first-order chi connectivity index (χ1) is 8.56. The molecule has 0 aliphatic heterocycles. The minimum absolute atomic E-state index is 0.131. The van der Waals surface area contributed by atoms with E-state index in [1.165, 1.54) is 12.1 Å². The van der Waals surface area contributed by atoms with E-state index in [4.69, 9.17) is 0 Å². The fourth-order valence-corrected chi connectivity index (χ4v) is 1.78. The number of rotatable bonds is 2. The Balaban J connectivity index is 2.21. The molecule has 0 aliphatic rings. The minimum atomic E-state index is -0.495. The molecule has 1 aromatic carbocycles. The number of carbonyl (C=O) groups is 1. The molecular weight excluding hydrogens is 299 g/mol. The Hall–Kier alpha value is -1.75. The largest absolute Gasteiger partial charge is 0.318 e. The van der Waals surface area contributed by atoms with E-state index in [0.717, 1.165) is 5.69 Å². The van der Waals surface area contributed by atoms with E-state index in [2.05, 4.69) is 26.2 Å². The topological polar surface area (TPSA) is 42.0 Å². The molecule has 1 heterocycles. The Morgan fingerprint density at radius 1 is 1.33 bits per heavy atom. The van der Waals surface area contributed by atoms with E-state index < -0.39 is 11.7 Å². The monoisotopic (exact) mass is 308 g/mol. The SMILES string of the molecule is Cc1cccc(C(=O)Nc2ccc(Br)cc2F)n1. The van der Waals surface area contributed by atoms with Gasteiger partial charge in [0.05, 0.1) is 5.69 Å². The van der Waals surface area contributed by atoms with Crippen molar-refractivity contribution >= 4 is 27.5 Å². The maximum absolute atomic E-state index is 13.5. The van der Waals surface area contributed by atoms with Gasteiger partial charge >= 0.3 is 0 Å². The molecule has 0 aliphatic carbocycles. The maximum Gasteiger partial charge on any atom is 0.274 e. The number of anilines is 1. The van der Waals surface area contributed by atoms with Gasteiger partial charge in [0.25, 0.3) is 5.91 Å². The van der Waals surface area contributed by atoms with Crippen molar-refractivity contribution < 1.29 is 9.18 Å². The summed E-state index contributed by atoms with van der Waals surface area (Å²) in [6, 6.07) is 9.54. The van der Waals surface area contributed by atoms with Crippen molar-refractivity contribution in [1.29, 1.82) is 0 Å². The molecule has 0 fully saturated rings. The highest BCUT2D eigenvalue weighted by molar-refractivity contribution is 9.10. The number of nitrogens with one attached hydrogen (secondary N) is 1. The van der Waals surface area contributed by atoms with E-state index in [1.807, 2.05) is 0 Å².